The van der Waals surface area contributed by atoms with E-state index in [2.05, 4.69) is 0 Å². The van der Waals surface area contributed by atoms with Gasteiger partial charge in [0.15, 0.2) is 0 Å². The number of carbonyl (C=O) groups excluding carboxylic acids is 1. The lowest BCUT2D eigenvalue weighted by Crippen LogP contribution is -1.99. The number of hydrogen-bond acceptors (Lipinski definition) is 3. The van der Waals surface area contributed by atoms with E-state index in [0.29, 0.717) is 17.1 Å². The highest BCUT2D eigenvalue weighted by Gasteiger charge is 2.12. The van der Waals surface area contributed by atoms with E-state index >= 15 is 0 Å². The molecule has 0 unspecified atom stereocenters. The highest BCUT2D eigenvalue weighted by atomic mass is 16.4. The van der Waals surface area contributed by atoms with Crippen molar-refractivity contribution < 1.29 is 19.1 Å². The number of aryl methyl sites for hydroxylation is 1. The van der Waals surface area contributed by atoms with Crippen molar-refractivity contribution in [2.45, 2.75) is 13.3 Å². The highest BCUT2D eigenvalue weighted by molar-refractivity contribution is 5.76. The molecule has 0 spiro atoms. The van der Waals surface area contributed by atoms with Crippen LogP contribution in [0.4, 0.5) is 0 Å². The first-order valence-corrected chi connectivity index (χ1v) is 5.47. The van der Waals surface area contributed by atoms with E-state index in [1.165, 1.54) is 0 Å². The van der Waals surface area contributed by atoms with Crippen molar-refractivity contribution in [2.75, 3.05) is 0 Å². The molecule has 0 aliphatic heterocycles. The summed E-state index contributed by atoms with van der Waals surface area (Å²) in [5.74, 6) is 0.147. The first kappa shape index (κ1) is 12.1. The summed E-state index contributed by atoms with van der Waals surface area (Å²) in [5, 5.41) is 8.74. The number of aliphatic carboxylic acids is 1. The molecule has 0 saturated carbocycles. The maximum absolute atomic E-state index is 10.7. The smallest absolute Gasteiger partial charge is 0.311 e. The Morgan fingerprint density at radius 3 is 2.56 bits per heavy atom. The van der Waals surface area contributed by atoms with Gasteiger partial charge in [0.1, 0.15) is 24.2 Å². The van der Waals surface area contributed by atoms with E-state index in [1.54, 1.807) is 30.3 Å². The Bertz CT molecular complexity index is 578. The Morgan fingerprint density at radius 1 is 1.33 bits per heavy atom. The molecule has 1 heterocycles. The summed E-state index contributed by atoms with van der Waals surface area (Å²) in [5.41, 5.74) is 2.22. The third-order valence-corrected chi connectivity index (χ3v) is 2.66. The van der Waals surface area contributed by atoms with Crippen molar-refractivity contribution in [1.29, 1.82) is 0 Å². The van der Waals surface area contributed by atoms with Gasteiger partial charge in [0.25, 0.3) is 0 Å². The Balaban J connectivity index is 2.32. The van der Waals surface area contributed by atoms with Gasteiger partial charge >= 0.3 is 5.97 Å². The van der Waals surface area contributed by atoms with Crippen LogP contribution in [-0.2, 0) is 11.2 Å². The fourth-order valence-electron chi connectivity index (χ4n) is 1.70. The van der Waals surface area contributed by atoms with Crippen molar-refractivity contribution >= 4 is 12.3 Å². The van der Waals surface area contributed by atoms with Gasteiger partial charge in [0.05, 0.1) is 0 Å². The molecule has 0 radical (unpaired) electrons. The molecule has 2 aromatic rings. The molecule has 4 nitrogen and oxygen atoms in total. The number of carboxylic acids is 1. The van der Waals surface area contributed by atoms with Gasteiger partial charge in [-0.3, -0.25) is 9.59 Å². The minimum absolute atomic E-state index is 0.127. The molecular weight excluding hydrogens is 232 g/mol. The van der Waals surface area contributed by atoms with Crippen molar-refractivity contribution in [1.82, 2.24) is 0 Å². The van der Waals surface area contributed by atoms with Gasteiger partial charge in [0, 0.05) is 11.1 Å². The second-order valence-corrected chi connectivity index (χ2v) is 4.03. The third kappa shape index (κ3) is 2.48. The minimum atomic E-state index is -0.921. The Morgan fingerprint density at radius 2 is 2.00 bits per heavy atom. The number of hydrogen-bond donors (Lipinski definition) is 1. The third-order valence-electron chi connectivity index (χ3n) is 2.66. The summed E-state index contributed by atoms with van der Waals surface area (Å²) < 4.78 is 5.52. The number of carbonyl (C=O) groups is 2. The number of benzene rings is 1. The van der Waals surface area contributed by atoms with Gasteiger partial charge in [-0.05, 0) is 18.6 Å². The molecule has 92 valence electrons. The van der Waals surface area contributed by atoms with Crippen LogP contribution in [0.1, 0.15) is 21.7 Å². The van der Waals surface area contributed by atoms with Crippen LogP contribution in [0.15, 0.2) is 34.7 Å². The summed E-state index contributed by atoms with van der Waals surface area (Å²) in [6.07, 6.45) is 0.644. The normalized spacial score (nSPS) is 10.3. The number of rotatable bonds is 4. The second-order valence-electron chi connectivity index (χ2n) is 4.03. The lowest BCUT2D eigenvalue weighted by Gasteiger charge is -1.97. The SMILES string of the molecule is Cc1cc(-c2ccc(C=O)cc2)oc1CC(=O)O. The molecule has 0 bridgehead atoms. The van der Waals surface area contributed by atoms with Crippen LogP contribution in [0.5, 0.6) is 0 Å². The van der Waals surface area contributed by atoms with Gasteiger partial charge < -0.3 is 9.52 Å². The minimum Gasteiger partial charge on any atom is -0.481 e. The number of carboxylic acid groups (broad SMARTS) is 1. The molecule has 2 rings (SSSR count). The zero-order chi connectivity index (χ0) is 13.1. The summed E-state index contributed by atoms with van der Waals surface area (Å²) >= 11 is 0. The van der Waals surface area contributed by atoms with Gasteiger partial charge in [-0.2, -0.15) is 0 Å². The van der Waals surface area contributed by atoms with Gasteiger partial charge in [-0.25, -0.2) is 0 Å². The van der Waals surface area contributed by atoms with Crippen LogP contribution in [0.2, 0.25) is 0 Å². The molecule has 0 aliphatic carbocycles. The summed E-state index contributed by atoms with van der Waals surface area (Å²) in [6.45, 7) is 1.81. The zero-order valence-corrected chi connectivity index (χ0v) is 9.84. The Labute approximate surface area is 104 Å². The summed E-state index contributed by atoms with van der Waals surface area (Å²) in [4.78, 5) is 21.2. The summed E-state index contributed by atoms with van der Waals surface area (Å²) in [6, 6.07) is 8.72. The van der Waals surface area contributed by atoms with Gasteiger partial charge in [-0.1, -0.05) is 24.3 Å². The van der Waals surface area contributed by atoms with Crippen LogP contribution < -0.4 is 0 Å². The average Bonchev–Trinajstić information content (AvgIpc) is 2.70. The van der Waals surface area contributed by atoms with E-state index in [4.69, 9.17) is 9.52 Å². The largest absolute Gasteiger partial charge is 0.481 e. The first-order valence-electron chi connectivity index (χ1n) is 5.47. The van der Waals surface area contributed by atoms with Crippen molar-refractivity contribution in [3.8, 4) is 11.3 Å². The van der Waals surface area contributed by atoms with Gasteiger partial charge in [0.2, 0.25) is 0 Å². The predicted octanol–water partition coefficient (Wildman–Crippen LogP) is 2.69. The number of aldehydes is 1. The lowest BCUT2D eigenvalue weighted by molar-refractivity contribution is -0.136. The molecule has 0 amide bonds. The fraction of sp³-hybridized carbons (Fsp3) is 0.143. The van der Waals surface area contributed by atoms with Crippen LogP contribution in [0.3, 0.4) is 0 Å². The maximum Gasteiger partial charge on any atom is 0.311 e. The topological polar surface area (TPSA) is 67.5 Å². The van der Waals surface area contributed by atoms with Crippen molar-refractivity contribution in [3.63, 3.8) is 0 Å². The molecule has 4 heteroatoms. The molecular formula is C14H12O4. The quantitative estimate of drug-likeness (QED) is 0.839. The molecule has 1 N–H and O–H groups in total. The predicted molar refractivity (Wildman–Crippen MR) is 65.6 cm³/mol. The van der Waals surface area contributed by atoms with E-state index in [1.807, 2.05) is 6.92 Å². The van der Waals surface area contributed by atoms with Crippen molar-refractivity contribution in [2.24, 2.45) is 0 Å². The van der Waals surface area contributed by atoms with E-state index in [9.17, 15) is 9.59 Å². The van der Waals surface area contributed by atoms with Crippen molar-refractivity contribution in [3.05, 3.63) is 47.2 Å². The number of furan rings is 1. The molecule has 1 aromatic heterocycles. The monoisotopic (exact) mass is 244 g/mol. The first-order chi connectivity index (χ1) is 8.60. The average molecular weight is 244 g/mol. The molecule has 18 heavy (non-hydrogen) atoms. The molecule has 0 fully saturated rings. The standard InChI is InChI=1S/C14H12O4/c1-9-6-13(18-12(9)7-14(16)17)11-4-2-10(8-15)3-5-11/h2-6,8H,7H2,1H3,(H,16,17). The molecule has 1 aromatic carbocycles. The lowest BCUT2D eigenvalue weighted by atomic mass is 10.1. The molecule has 0 aliphatic rings. The zero-order valence-electron chi connectivity index (χ0n) is 9.84. The van der Waals surface area contributed by atoms with Gasteiger partial charge in [-0.15, -0.1) is 0 Å². The molecule has 0 atom stereocenters. The summed E-state index contributed by atoms with van der Waals surface area (Å²) in [7, 11) is 0. The van der Waals surface area contributed by atoms with Crippen LogP contribution in [0.25, 0.3) is 11.3 Å². The second kappa shape index (κ2) is 4.87. The Kier molecular flexibility index (Phi) is 3.28. The van der Waals surface area contributed by atoms with Crippen LogP contribution >= 0.6 is 0 Å². The van der Waals surface area contributed by atoms with E-state index in [-0.39, 0.29) is 6.42 Å². The molecule has 0 saturated heterocycles. The fourth-order valence-corrected chi connectivity index (χ4v) is 1.70. The Hall–Kier alpha value is -2.36. The van der Waals surface area contributed by atoms with E-state index < -0.39 is 5.97 Å². The van der Waals surface area contributed by atoms with Crippen LogP contribution in [0, 0.1) is 6.92 Å². The highest BCUT2D eigenvalue weighted by Crippen LogP contribution is 2.25. The van der Waals surface area contributed by atoms with E-state index in [0.717, 1.165) is 17.4 Å². The van der Waals surface area contributed by atoms with Crippen LogP contribution in [-0.4, -0.2) is 17.4 Å². The maximum atomic E-state index is 10.7.